The number of nitrogens with one attached hydrogen (secondary N) is 1. The SMILES string of the molecule is OC(COc1ccc(Br)cc1Cl)CN1CCNCC1. The maximum absolute atomic E-state index is 9.97. The summed E-state index contributed by atoms with van der Waals surface area (Å²) in [7, 11) is 0. The van der Waals surface area contributed by atoms with Crippen molar-refractivity contribution in [3.05, 3.63) is 27.7 Å². The van der Waals surface area contributed by atoms with Crippen LogP contribution in [0, 0.1) is 0 Å². The summed E-state index contributed by atoms with van der Waals surface area (Å²) in [5.41, 5.74) is 0. The lowest BCUT2D eigenvalue weighted by Crippen LogP contribution is -2.47. The van der Waals surface area contributed by atoms with Gasteiger partial charge in [0.05, 0.1) is 5.02 Å². The molecule has 2 rings (SSSR count). The van der Waals surface area contributed by atoms with Crippen molar-refractivity contribution in [2.45, 2.75) is 6.10 Å². The average Bonchev–Trinajstić information content (AvgIpc) is 2.39. The highest BCUT2D eigenvalue weighted by Crippen LogP contribution is 2.27. The Bertz CT molecular complexity index is 414. The highest BCUT2D eigenvalue weighted by molar-refractivity contribution is 9.10. The summed E-state index contributed by atoms with van der Waals surface area (Å²) in [5, 5.41) is 13.8. The molecule has 1 atom stereocenters. The number of aliphatic hydroxyl groups excluding tert-OH is 1. The molecule has 0 aliphatic carbocycles. The second-order valence-electron chi connectivity index (χ2n) is 4.59. The molecule has 1 aliphatic heterocycles. The van der Waals surface area contributed by atoms with Gasteiger partial charge in [-0.1, -0.05) is 27.5 Å². The largest absolute Gasteiger partial charge is 0.489 e. The van der Waals surface area contributed by atoms with E-state index in [9.17, 15) is 5.11 Å². The Hall–Kier alpha value is -0.330. The Morgan fingerprint density at radius 2 is 2.16 bits per heavy atom. The van der Waals surface area contributed by atoms with E-state index in [4.69, 9.17) is 16.3 Å². The van der Waals surface area contributed by atoms with Crippen molar-refractivity contribution in [1.82, 2.24) is 10.2 Å². The number of halogens is 2. The molecule has 4 nitrogen and oxygen atoms in total. The standard InChI is InChI=1S/C13H18BrClN2O2/c14-10-1-2-13(12(15)7-10)19-9-11(18)8-17-5-3-16-4-6-17/h1-2,7,11,16,18H,3-6,8-9H2. The van der Waals surface area contributed by atoms with Gasteiger partial charge in [0.2, 0.25) is 0 Å². The minimum Gasteiger partial charge on any atom is -0.489 e. The molecule has 0 spiro atoms. The van der Waals surface area contributed by atoms with Gasteiger partial charge in [-0.05, 0) is 18.2 Å². The molecule has 0 amide bonds. The van der Waals surface area contributed by atoms with Gasteiger partial charge in [0.15, 0.2) is 0 Å². The molecular formula is C13H18BrClN2O2. The van der Waals surface area contributed by atoms with Gasteiger partial charge in [0.25, 0.3) is 0 Å². The average molecular weight is 350 g/mol. The number of piperazine rings is 1. The quantitative estimate of drug-likeness (QED) is 0.850. The molecule has 1 aromatic carbocycles. The minimum absolute atomic E-state index is 0.255. The van der Waals surface area contributed by atoms with Crippen molar-refractivity contribution in [3.63, 3.8) is 0 Å². The number of β-amino-alcohol motifs (C(OH)–C–C–N with tert-alkyl or cyclic N) is 1. The first kappa shape index (κ1) is 15.1. The molecule has 1 saturated heterocycles. The van der Waals surface area contributed by atoms with Crippen LogP contribution in [-0.2, 0) is 0 Å². The molecule has 19 heavy (non-hydrogen) atoms. The molecule has 0 aromatic heterocycles. The molecular weight excluding hydrogens is 332 g/mol. The zero-order valence-electron chi connectivity index (χ0n) is 10.6. The van der Waals surface area contributed by atoms with Crippen LogP contribution in [-0.4, -0.2) is 55.4 Å². The van der Waals surface area contributed by atoms with Gasteiger partial charge < -0.3 is 15.2 Å². The number of benzene rings is 1. The van der Waals surface area contributed by atoms with Crippen molar-refractivity contribution in [3.8, 4) is 5.75 Å². The van der Waals surface area contributed by atoms with E-state index >= 15 is 0 Å². The van der Waals surface area contributed by atoms with E-state index in [0.29, 0.717) is 17.3 Å². The zero-order chi connectivity index (χ0) is 13.7. The lowest BCUT2D eigenvalue weighted by molar-refractivity contribution is 0.0641. The van der Waals surface area contributed by atoms with Gasteiger partial charge >= 0.3 is 0 Å². The molecule has 2 N–H and O–H groups in total. The van der Waals surface area contributed by atoms with E-state index in [0.717, 1.165) is 30.7 Å². The fraction of sp³-hybridized carbons (Fsp3) is 0.538. The number of rotatable bonds is 5. The highest BCUT2D eigenvalue weighted by atomic mass is 79.9. The number of nitrogens with zero attached hydrogens (tertiary/aromatic N) is 1. The lowest BCUT2D eigenvalue weighted by Gasteiger charge is -2.29. The maximum atomic E-state index is 9.97. The third-order valence-electron chi connectivity index (χ3n) is 3.00. The van der Waals surface area contributed by atoms with E-state index in [-0.39, 0.29) is 6.61 Å². The molecule has 1 fully saturated rings. The van der Waals surface area contributed by atoms with E-state index in [2.05, 4.69) is 26.1 Å². The van der Waals surface area contributed by atoms with E-state index in [1.54, 1.807) is 12.1 Å². The van der Waals surface area contributed by atoms with Crippen LogP contribution in [0.3, 0.4) is 0 Å². The van der Waals surface area contributed by atoms with Crippen LogP contribution in [0.4, 0.5) is 0 Å². The summed E-state index contributed by atoms with van der Waals surface area (Å²) in [5.74, 6) is 0.601. The smallest absolute Gasteiger partial charge is 0.138 e. The number of ether oxygens (including phenoxy) is 1. The van der Waals surface area contributed by atoms with Gasteiger partial charge in [0, 0.05) is 37.2 Å². The minimum atomic E-state index is -0.502. The van der Waals surface area contributed by atoms with Crippen LogP contribution < -0.4 is 10.1 Å². The van der Waals surface area contributed by atoms with Crippen LogP contribution in [0.15, 0.2) is 22.7 Å². The topological polar surface area (TPSA) is 44.7 Å². The third-order valence-corrected chi connectivity index (χ3v) is 3.79. The normalized spacial score (nSPS) is 18.3. The van der Waals surface area contributed by atoms with Gasteiger partial charge in [-0.3, -0.25) is 4.90 Å². The van der Waals surface area contributed by atoms with Crippen molar-refractivity contribution in [1.29, 1.82) is 0 Å². The summed E-state index contributed by atoms with van der Waals surface area (Å²) in [6.45, 7) is 4.78. The molecule has 0 saturated carbocycles. The zero-order valence-corrected chi connectivity index (χ0v) is 13.0. The summed E-state index contributed by atoms with van der Waals surface area (Å²) in [4.78, 5) is 2.23. The molecule has 0 radical (unpaired) electrons. The van der Waals surface area contributed by atoms with E-state index in [1.807, 2.05) is 6.07 Å². The molecule has 1 aliphatic rings. The summed E-state index contributed by atoms with van der Waals surface area (Å²) in [6.07, 6.45) is -0.502. The van der Waals surface area contributed by atoms with Crippen molar-refractivity contribution < 1.29 is 9.84 Å². The first-order valence-corrected chi connectivity index (χ1v) is 7.51. The molecule has 1 heterocycles. The Kier molecular flexibility index (Phi) is 5.91. The summed E-state index contributed by atoms with van der Waals surface area (Å²) < 4.78 is 6.46. The molecule has 1 unspecified atom stereocenters. The third kappa shape index (κ3) is 4.93. The van der Waals surface area contributed by atoms with Crippen LogP contribution in [0.25, 0.3) is 0 Å². The molecule has 106 valence electrons. The van der Waals surface area contributed by atoms with Gasteiger partial charge in [0.1, 0.15) is 18.5 Å². The van der Waals surface area contributed by atoms with Crippen LogP contribution in [0.1, 0.15) is 0 Å². The van der Waals surface area contributed by atoms with Crippen molar-refractivity contribution >= 4 is 27.5 Å². The Labute approximate surface area is 126 Å². The van der Waals surface area contributed by atoms with E-state index in [1.165, 1.54) is 0 Å². The molecule has 0 bridgehead atoms. The number of hydrogen-bond donors (Lipinski definition) is 2. The number of aliphatic hydroxyl groups is 1. The Morgan fingerprint density at radius 1 is 1.42 bits per heavy atom. The van der Waals surface area contributed by atoms with Crippen molar-refractivity contribution in [2.75, 3.05) is 39.3 Å². The first-order chi connectivity index (χ1) is 9.15. The predicted molar refractivity (Wildman–Crippen MR) is 80.0 cm³/mol. The summed E-state index contributed by atoms with van der Waals surface area (Å²) in [6, 6.07) is 5.44. The molecule has 1 aromatic rings. The first-order valence-electron chi connectivity index (χ1n) is 6.34. The fourth-order valence-electron chi connectivity index (χ4n) is 2.02. The van der Waals surface area contributed by atoms with Gasteiger partial charge in [-0.15, -0.1) is 0 Å². The monoisotopic (exact) mass is 348 g/mol. The second kappa shape index (κ2) is 7.45. The predicted octanol–water partition coefficient (Wildman–Crippen LogP) is 1.75. The Balaban J connectivity index is 1.77. The highest BCUT2D eigenvalue weighted by Gasteiger charge is 2.15. The summed E-state index contributed by atoms with van der Waals surface area (Å²) >= 11 is 9.39. The van der Waals surface area contributed by atoms with Crippen LogP contribution in [0.5, 0.6) is 5.75 Å². The van der Waals surface area contributed by atoms with E-state index < -0.39 is 6.10 Å². The maximum Gasteiger partial charge on any atom is 0.138 e. The van der Waals surface area contributed by atoms with Crippen LogP contribution >= 0.6 is 27.5 Å². The second-order valence-corrected chi connectivity index (χ2v) is 5.91. The van der Waals surface area contributed by atoms with Gasteiger partial charge in [-0.25, -0.2) is 0 Å². The van der Waals surface area contributed by atoms with Gasteiger partial charge in [-0.2, -0.15) is 0 Å². The fourth-order valence-corrected chi connectivity index (χ4v) is 2.75. The lowest BCUT2D eigenvalue weighted by atomic mass is 10.3. The molecule has 6 heteroatoms. The number of hydrogen-bond acceptors (Lipinski definition) is 4. The Morgan fingerprint density at radius 3 is 2.84 bits per heavy atom. The van der Waals surface area contributed by atoms with Crippen molar-refractivity contribution in [2.24, 2.45) is 0 Å². The van der Waals surface area contributed by atoms with Crippen LogP contribution in [0.2, 0.25) is 5.02 Å².